The van der Waals surface area contributed by atoms with Crippen molar-refractivity contribution >= 4 is 11.6 Å². The van der Waals surface area contributed by atoms with Crippen molar-refractivity contribution in [1.82, 2.24) is 9.55 Å². The Morgan fingerprint density at radius 3 is 2.70 bits per heavy atom. The number of aryl methyl sites for hydroxylation is 1. The number of aromatic nitrogens is 2. The topological polar surface area (TPSA) is 29.9 Å². The number of para-hydroxylation sites is 1. The van der Waals surface area contributed by atoms with Crippen LogP contribution in [-0.2, 0) is 0 Å². The monoisotopic (exact) mass is 273 g/mol. The van der Waals surface area contributed by atoms with Gasteiger partial charge in [0.2, 0.25) is 5.95 Å². The van der Waals surface area contributed by atoms with E-state index in [0.29, 0.717) is 11.7 Å². The molecule has 0 bridgehead atoms. The maximum Gasteiger partial charge on any atom is 0.207 e. The molecule has 0 atom stereocenters. The second-order valence-corrected chi connectivity index (χ2v) is 5.51. The van der Waals surface area contributed by atoms with Gasteiger partial charge in [-0.25, -0.2) is 9.37 Å². The minimum absolute atomic E-state index is 0.247. The summed E-state index contributed by atoms with van der Waals surface area (Å²) >= 11 is 0. The molecule has 1 aliphatic rings. The fraction of sp³-hybridized carbons (Fsp3) is 0.438. The van der Waals surface area contributed by atoms with E-state index in [-0.39, 0.29) is 5.82 Å². The van der Waals surface area contributed by atoms with E-state index in [0.717, 1.165) is 11.6 Å². The molecule has 0 radical (unpaired) electrons. The Labute approximate surface area is 118 Å². The lowest BCUT2D eigenvalue weighted by Gasteiger charge is -2.24. The molecule has 3 nitrogen and oxygen atoms in total. The quantitative estimate of drug-likeness (QED) is 0.887. The van der Waals surface area contributed by atoms with Crippen molar-refractivity contribution in [2.75, 3.05) is 5.32 Å². The van der Waals surface area contributed by atoms with Crippen LogP contribution in [0.1, 0.15) is 43.8 Å². The Morgan fingerprint density at radius 2 is 1.95 bits per heavy atom. The summed E-state index contributed by atoms with van der Waals surface area (Å²) < 4.78 is 15.9. The largest absolute Gasteiger partial charge is 0.323 e. The normalized spacial score (nSPS) is 16.3. The van der Waals surface area contributed by atoms with Crippen molar-refractivity contribution < 1.29 is 4.39 Å². The van der Waals surface area contributed by atoms with E-state index in [1.54, 1.807) is 12.1 Å². The lowest BCUT2D eigenvalue weighted by atomic mass is 9.95. The van der Waals surface area contributed by atoms with Crippen LogP contribution in [0.5, 0.6) is 0 Å². The summed E-state index contributed by atoms with van der Waals surface area (Å²) in [7, 11) is 0. The molecule has 20 heavy (non-hydrogen) atoms. The molecule has 1 saturated carbocycles. The van der Waals surface area contributed by atoms with Gasteiger partial charge in [-0.1, -0.05) is 31.4 Å². The first kappa shape index (κ1) is 13.2. The van der Waals surface area contributed by atoms with E-state index in [1.807, 2.05) is 13.0 Å². The molecule has 0 amide bonds. The molecule has 4 heteroatoms. The predicted molar refractivity (Wildman–Crippen MR) is 78.8 cm³/mol. The Kier molecular flexibility index (Phi) is 3.72. The van der Waals surface area contributed by atoms with Gasteiger partial charge in [-0.05, 0) is 31.9 Å². The molecule has 1 N–H and O–H groups in total. The van der Waals surface area contributed by atoms with Gasteiger partial charge in [-0.2, -0.15) is 0 Å². The van der Waals surface area contributed by atoms with Gasteiger partial charge < -0.3 is 9.88 Å². The molecule has 1 fully saturated rings. The summed E-state index contributed by atoms with van der Waals surface area (Å²) in [6.45, 7) is 1.98. The highest BCUT2D eigenvalue weighted by atomic mass is 19.1. The lowest BCUT2D eigenvalue weighted by Crippen LogP contribution is -2.14. The second-order valence-electron chi connectivity index (χ2n) is 5.51. The van der Waals surface area contributed by atoms with Crippen LogP contribution in [0, 0.1) is 12.7 Å². The van der Waals surface area contributed by atoms with Crippen LogP contribution in [0.4, 0.5) is 16.0 Å². The number of hydrogen-bond acceptors (Lipinski definition) is 2. The molecule has 0 saturated heterocycles. The molecule has 0 aliphatic heterocycles. The van der Waals surface area contributed by atoms with Gasteiger partial charge in [-0.15, -0.1) is 0 Å². The van der Waals surface area contributed by atoms with Gasteiger partial charge in [0.1, 0.15) is 5.82 Å². The maximum absolute atomic E-state index is 13.8. The molecule has 0 unspecified atom stereocenters. The van der Waals surface area contributed by atoms with Crippen molar-refractivity contribution in [3.8, 4) is 0 Å². The highest BCUT2D eigenvalue weighted by Gasteiger charge is 2.19. The third-order valence-corrected chi connectivity index (χ3v) is 3.94. The Bertz CT molecular complexity index is 585. The highest BCUT2D eigenvalue weighted by Crippen LogP contribution is 2.32. The van der Waals surface area contributed by atoms with Crippen LogP contribution < -0.4 is 5.32 Å². The van der Waals surface area contributed by atoms with Crippen LogP contribution in [0.2, 0.25) is 0 Å². The summed E-state index contributed by atoms with van der Waals surface area (Å²) in [5, 5.41) is 3.14. The highest BCUT2D eigenvalue weighted by molar-refractivity contribution is 5.54. The smallest absolute Gasteiger partial charge is 0.207 e. The van der Waals surface area contributed by atoms with E-state index in [1.165, 1.54) is 38.2 Å². The first-order valence-corrected chi connectivity index (χ1v) is 7.31. The van der Waals surface area contributed by atoms with Crippen LogP contribution >= 0.6 is 0 Å². The fourth-order valence-corrected chi connectivity index (χ4v) is 2.93. The van der Waals surface area contributed by atoms with E-state index in [4.69, 9.17) is 0 Å². The zero-order valence-electron chi connectivity index (χ0n) is 11.8. The molecule has 106 valence electrons. The van der Waals surface area contributed by atoms with Gasteiger partial charge in [0.05, 0.1) is 11.4 Å². The Hall–Kier alpha value is -1.84. The first-order chi connectivity index (χ1) is 9.74. The average Bonchev–Trinajstić information content (AvgIpc) is 2.83. The number of anilines is 2. The van der Waals surface area contributed by atoms with Crippen molar-refractivity contribution in [2.24, 2.45) is 0 Å². The molecule has 3 rings (SSSR count). The van der Waals surface area contributed by atoms with Gasteiger partial charge in [-0.3, -0.25) is 0 Å². The summed E-state index contributed by atoms with van der Waals surface area (Å²) in [4.78, 5) is 4.51. The SMILES string of the molecule is Cc1cn(C2CCCCC2)c(Nc2ccccc2F)n1. The number of hydrogen-bond donors (Lipinski definition) is 1. The van der Waals surface area contributed by atoms with Crippen LogP contribution in [0.3, 0.4) is 0 Å². The van der Waals surface area contributed by atoms with E-state index >= 15 is 0 Å². The van der Waals surface area contributed by atoms with E-state index in [2.05, 4.69) is 21.1 Å². The second kappa shape index (κ2) is 5.65. The van der Waals surface area contributed by atoms with Gasteiger partial charge in [0, 0.05) is 12.2 Å². The van der Waals surface area contributed by atoms with Crippen LogP contribution in [-0.4, -0.2) is 9.55 Å². The molecular weight excluding hydrogens is 253 g/mol. The molecule has 1 heterocycles. The lowest BCUT2D eigenvalue weighted by molar-refractivity contribution is 0.356. The number of benzene rings is 1. The van der Waals surface area contributed by atoms with E-state index < -0.39 is 0 Å². The van der Waals surface area contributed by atoms with Crippen molar-refractivity contribution in [3.63, 3.8) is 0 Å². The third-order valence-electron chi connectivity index (χ3n) is 3.94. The number of nitrogens with one attached hydrogen (secondary N) is 1. The van der Waals surface area contributed by atoms with Crippen molar-refractivity contribution in [3.05, 3.63) is 42.0 Å². The third kappa shape index (κ3) is 2.69. The first-order valence-electron chi connectivity index (χ1n) is 7.31. The zero-order valence-corrected chi connectivity index (χ0v) is 11.8. The molecule has 2 aromatic rings. The molecule has 1 aliphatic carbocycles. The minimum Gasteiger partial charge on any atom is -0.323 e. The van der Waals surface area contributed by atoms with Crippen LogP contribution in [0.25, 0.3) is 0 Å². The average molecular weight is 273 g/mol. The molecular formula is C16H20FN3. The number of rotatable bonds is 3. The van der Waals surface area contributed by atoms with E-state index in [9.17, 15) is 4.39 Å². The summed E-state index contributed by atoms with van der Waals surface area (Å²) in [6.07, 6.45) is 8.28. The van der Waals surface area contributed by atoms with Gasteiger partial charge >= 0.3 is 0 Å². The van der Waals surface area contributed by atoms with Crippen molar-refractivity contribution in [2.45, 2.75) is 45.1 Å². The summed E-state index contributed by atoms with van der Waals surface area (Å²) in [6, 6.07) is 7.21. The molecule has 0 spiro atoms. The zero-order chi connectivity index (χ0) is 13.9. The fourth-order valence-electron chi connectivity index (χ4n) is 2.93. The number of halogens is 1. The number of nitrogens with zero attached hydrogens (tertiary/aromatic N) is 2. The Morgan fingerprint density at radius 1 is 1.20 bits per heavy atom. The van der Waals surface area contributed by atoms with Crippen LogP contribution in [0.15, 0.2) is 30.5 Å². The van der Waals surface area contributed by atoms with Crippen molar-refractivity contribution in [1.29, 1.82) is 0 Å². The molecule has 1 aromatic carbocycles. The molecule has 1 aromatic heterocycles. The summed E-state index contributed by atoms with van der Waals surface area (Å²) in [5.74, 6) is 0.503. The maximum atomic E-state index is 13.8. The number of imidazole rings is 1. The van der Waals surface area contributed by atoms with Gasteiger partial charge in [0.25, 0.3) is 0 Å². The predicted octanol–water partition coefficient (Wildman–Crippen LogP) is 4.58. The minimum atomic E-state index is -0.247. The summed E-state index contributed by atoms with van der Waals surface area (Å²) in [5.41, 5.74) is 1.45. The van der Waals surface area contributed by atoms with Gasteiger partial charge in [0.15, 0.2) is 0 Å². The Balaban J connectivity index is 1.87. The standard InChI is InChI=1S/C16H20FN3/c1-12-11-20(13-7-3-2-4-8-13)16(18-12)19-15-10-6-5-9-14(15)17/h5-6,9-11,13H,2-4,7-8H2,1H3,(H,18,19).